The maximum atomic E-state index is 12.4. The zero-order valence-electron chi connectivity index (χ0n) is 10.0. The van der Waals surface area contributed by atoms with Crippen molar-refractivity contribution < 1.29 is 18.6 Å². The van der Waals surface area contributed by atoms with E-state index in [4.69, 9.17) is 10.2 Å². The normalized spacial score (nSPS) is 12.1. The summed E-state index contributed by atoms with van der Waals surface area (Å²) < 4.78 is 26.5. The quantitative estimate of drug-likeness (QED) is 0.802. The lowest BCUT2D eigenvalue weighted by molar-refractivity contribution is 0.217. The minimum absolute atomic E-state index is 0.0329. The Bertz CT molecular complexity index is 498. The van der Waals surface area contributed by atoms with E-state index in [-0.39, 0.29) is 31.2 Å². The zero-order chi connectivity index (χ0) is 13.8. The van der Waals surface area contributed by atoms with Crippen LogP contribution in [0.2, 0.25) is 0 Å². The molecule has 0 saturated heterocycles. The molecule has 0 bridgehead atoms. The van der Waals surface area contributed by atoms with Gasteiger partial charge in [0.25, 0.3) is 0 Å². The number of rotatable bonds is 6. The molecule has 1 aromatic rings. The van der Waals surface area contributed by atoms with Gasteiger partial charge < -0.3 is 10.2 Å². The highest BCUT2D eigenvalue weighted by Gasteiger charge is 2.25. The third kappa shape index (κ3) is 3.52. The Morgan fingerprint density at radius 2 is 1.78 bits per heavy atom. The number of nitrogens with zero attached hydrogens (tertiary/aromatic N) is 1. The van der Waals surface area contributed by atoms with E-state index in [0.29, 0.717) is 10.0 Å². The molecule has 0 spiro atoms. The number of aliphatic hydroxyl groups is 2. The number of halogens is 1. The summed E-state index contributed by atoms with van der Waals surface area (Å²) in [6, 6.07) is 4.98. The summed E-state index contributed by atoms with van der Waals surface area (Å²) in [4.78, 5) is 0.179. The Morgan fingerprint density at radius 1 is 1.22 bits per heavy atom. The standard InChI is InChI=1S/C11H16BrNO4S/c1-9-2-3-10(12)8-11(9)18(16,17)13(4-6-14)5-7-15/h2-3,8,14-15H,4-7H2,1H3. The zero-order valence-corrected chi connectivity index (χ0v) is 12.4. The van der Waals surface area contributed by atoms with Gasteiger partial charge in [0.1, 0.15) is 0 Å². The van der Waals surface area contributed by atoms with Crippen molar-refractivity contribution in [2.45, 2.75) is 11.8 Å². The molecule has 0 aliphatic heterocycles. The van der Waals surface area contributed by atoms with Gasteiger partial charge in [-0.2, -0.15) is 4.31 Å². The van der Waals surface area contributed by atoms with Crippen LogP contribution in [0, 0.1) is 6.92 Å². The molecule has 0 atom stereocenters. The van der Waals surface area contributed by atoms with Crippen LogP contribution in [0.4, 0.5) is 0 Å². The Hall–Kier alpha value is -0.470. The van der Waals surface area contributed by atoms with Gasteiger partial charge in [-0.05, 0) is 24.6 Å². The first-order valence-electron chi connectivity index (χ1n) is 5.41. The van der Waals surface area contributed by atoms with Gasteiger partial charge in [-0.1, -0.05) is 22.0 Å². The highest BCUT2D eigenvalue weighted by atomic mass is 79.9. The molecule has 0 unspecified atom stereocenters. The summed E-state index contributed by atoms with van der Waals surface area (Å²) in [6.07, 6.45) is 0. The van der Waals surface area contributed by atoms with Crippen molar-refractivity contribution in [1.29, 1.82) is 0 Å². The fraction of sp³-hybridized carbons (Fsp3) is 0.455. The Labute approximate surface area is 115 Å². The molecule has 0 radical (unpaired) electrons. The summed E-state index contributed by atoms with van der Waals surface area (Å²) in [6.45, 7) is 1.07. The Balaban J connectivity index is 3.21. The van der Waals surface area contributed by atoms with Crippen LogP contribution in [0.15, 0.2) is 27.6 Å². The van der Waals surface area contributed by atoms with Crippen LogP contribution in [-0.2, 0) is 10.0 Å². The van der Waals surface area contributed by atoms with E-state index in [1.54, 1.807) is 19.1 Å². The van der Waals surface area contributed by atoms with Gasteiger partial charge in [-0.3, -0.25) is 0 Å². The lowest BCUT2D eigenvalue weighted by atomic mass is 10.2. The topological polar surface area (TPSA) is 77.8 Å². The lowest BCUT2D eigenvalue weighted by Crippen LogP contribution is -2.36. The van der Waals surface area contributed by atoms with Crippen molar-refractivity contribution in [3.63, 3.8) is 0 Å². The lowest BCUT2D eigenvalue weighted by Gasteiger charge is -2.21. The van der Waals surface area contributed by atoms with Gasteiger partial charge in [0, 0.05) is 17.6 Å². The number of aliphatic hydroxyl groups excluding tert-OH is 2. The highest BCUT2D eigenvalue weighted by Crippen LogP contribution is 2.23. The fourth-order valence-corrected chi connectivity index (χ4v) is 3.75. The smallest absolute Gasteiger partial charge is 0.243 e. The van der Waals surface area contributed by atoms with E-state index < -0.39 is 10.0 Å². The molecule has 0 heterocycles. The van der Waals surface area contributed by atoms with Crippen LogP contribution in [-0.4, -0.2) is 49.2 Å². The SMILES string of the molecule is Cc1ccc(Br)cc1S(=O)(=O)N(CCO)CCO. The molecule has 0 saturated carbocycles. The van der Waals surface area contributed by atoms with E-state index in [1.165, 1.54) is 6.07 Å². The molecule has 0 aliphatic carbocycles. The number of sulfonamides is 1. The molecular formula is C11H16BrNO4S. The second kappa shape index (κ2) is 6.63. The summed E-state index contributed by atoms with van der Waals surface area (Å²) in [5, 5.41) is 17.8. The second-order valence-corrected chi connectivity index (χ2v) is 6.58. The molecule has 0 amide bonds. The fourth-order valence-electron chi connectivity index (χ4n) is 1.57. The minimum Gasteiger partial charge on any atom is -0.395 e. The largest absolute Gasteiger partial charge is 0.395 e. The van der Waals surface area contributed by atoms with E-state index in [2.05, 4.69) is 15.9 Å². The maximum absolute atomic E-state index is 12.4. The average Bonchev–Trinajstić information content (AvgIpc) is 2.32. The molecule has 0 aromatic heterocycles. The second-order valence-electron chi connectivity index (χ2n) is 3.76. The van der Waals surface area contributed by atoms with E-state index >= 15 is 0 Å². The monoisotopic (exact) mass is 337 g/mol. The van der Waals surface area contributed by atoms with Crippen LogP contribution in [0.3, 0.4) is 0 Å². The number of aryl methyl sites for hydroxylation is 1. The van der Waals surface area contributed by atoms with Gasteiger partial charge in [0.2, 0.25) is 10.0 Å². The van der Waals surface area contributed by atoms with Crippen LogP contribution in [0.5, 0.6) is 0 Å². The van der Waals surface area contributed by atoms with Gasteiger partial charge >= 0.3 is 0 Å². The molecular weight excluding hydrogens is 322 g/mol. The molecule has 1 rings (SSSR count). The predicted octanol–water partition coefficient (Wildman–Crippen LogP) is 0.733. The number of hydrogen-bond donors (Lipinski definition) is 2. The Morgan fingerprint density at radius 3 is 2.28 bits per heavy atom. The molecule has 1 aromatic carbocycles. The first kappa shape index (κ1) is 15.6. The predicted molar refractivity (Wildman–Crippen MR) is 71.8 cm³/mol. The molecule has 18 heavy (non-hydrogen) atoms. The van der Waals surface area contributed by atoms with E-state index in [1.807, 2.05) is 0 Å². The van der Waals surface area contributed by atoms with Crippen LogP contribution < -0.4 is 0 Å². The molecule has 102 valence electrons. The van der Waals surface area contributed by atoms with Crippen LogP contribution >= 0.6 is 15.9 Å². The van der Waals surface area contributed by atoms with Crippen molar-refractivity contribution in [2.75, 3.05) is 26.3 Å². The summed E-state index contributed by atoms with van der Waals surface area (Å²) in [7, 11) is -3.70. The molecule has 7 heteroatoms. The van der Waals surface area contributed by atoms with Crippen LogP contribution in [0.1, 0.15) is 5.56 Å². The number of benzene rings is 1. The van der Waals surface area contributed by atoms with E-state index in [9.17, 15) is 8.42 Å². The van der Waals surface area contributed by atoms with Crippen molar-refractivity contribution in [3.05, 3.63) is 28.2 Å². The van der Waals surface area contributed by atoms with Crippen molar-refractivity contribution >= 4 is 26.0 Å². The third-order valence-electron chi connectivity index (χ3n) is 2.47. The van der Waals surface area contributed by atoms with E-state index in [0.717, 1.165) is 4.31 Å². The molecule has 0 fully saturated rings. The summed E-state index contributed by atoms with van der Waals surface area (Å²) >= 11 is 3.23. The highest BCUT2D eigenvalue weighted by molar-refractivity contribution is 9.10. The van der Waals surface area contributed by atoms with Crippen LogP contribution in [0.25, 0.3) is 0 Å². The van der Waals surface area contributed by atoms with Gasteiger partial charge in [0.15, 0.2) is 0 Å². The summed E-state index contributed by atoms with van der Waals surface area (Å²) in [5.41, 5.74) is 0.624. The van der Waals surface area contributed by atoms with Crippen molar-refractivity contribution in [1.82, 2.24) is 4.31 Å². The van der Waals surface area contributed by atoms with Gasteiger partial charge in [-0.25, -0.2) is 8.42 Å². The van der Waals surface area contributed by atoms with Gasteiger partial charge in [0.05, 0.1) is 18.1 Å². The first-order chi connectivity index (χ1) is 8.43. The molecule has 0 aliphatic rings. The van der Waals surface area contributed by atoms with Gasteiger partial charge in [-0.15, -0.1) is 0 Å². The first-order valence-corrected chi connectivity index (χ1v) is 7.65. The maximum Gasteiger partial charge on any atom is 0.243 e. The minimum atomic E-state index is -3.70. The number of hydrogen-bond acceptors (Lipinski definition) is 4. The molecule has 5 nitrogen and oxygen atoms in total. The summed E-state index contributed by atoms with van der Waals surface area (Å²) in [5.74, 6) is 0. The third-order valence-corrected chi connectivity index (χ3v) is 5.00. The van der Waals surface area contributed by atoms with Crippen molar-refractivity contribution in [3.8, 4) is 0 Å². The Kier molecular flexibility index (Phi) is 5.74. The van der Waals surface area contributed by atoms with Crippen molar-refractivity contribution in [2.24, 2.45) is 0 Å². The molecule has 2 N–H and O–H groups in total. The average molecular weight is 338 g/mol.